The predicted molar refractivity (Wildman–Crippen MR) is 94.6 cm³/mol. The Kier molecular flexibility index (Phi) is 7.58. The van der Waals surface area contributed by atoms with Crippen molar-refractivity contribution in [3.8, 4) is 0 Å². The molecule has 2 aliphatic rings. The third-order valence-corrected chi connectivity index (χ3v) is 4.29. The summed E-state index contributed by atoms with van der Waals surface area (Å²) in [5.74, 6) is 2.11. The van der Waals surface area contributed by atoms with E-state index in [0.29, 0.717) is 18.1 Å². The molecule has 0 spiro atoms. The average molecular weight is 395 g/mol. The van der Waals surface area contributed by atoms with Gasteiger partial charge in [-0.05, 0) is 51.4 Å². The second-order valence-corrected chi connectivity index (χ2v) is 6.49. The van der Waals surface area contributed by atoms with Crippen LogP contribution in [0.4, 0.5) is 0 Å². The summed E-state index contributed by atoms with van der Waals surface area (Å²) in [6.45, 7) is 9.59. The van der Waals surface area contributed by atoms with Gasteiger partial charge in [-0.2, -0.15) is 0 Å². The molecule has 0 radical (unpaired) electrons. The highest BCUT2D eigenvalue weighted by Crippen LogP contribution is 2.25. The molecule has 0 aliphatic carbocycles. The van der Waals surface area contributed by atoms with Crippen LogP contribution in [0.15, 0.2) is 4.99 Å². The fourth-order valence-corrected chi connectivity index (χ4v) is 3.41. The monoisotopic (exact) mass is 395 g/mol. The van der Waals surface area contributed by atoms with Gasteiger partial charge in [0.2, 0.25) is 0 Å². The number of likely N-dealkylation sites (tertiary alicyclic amines) is 1. The van der Waals surface area contributed by atoms with Crippen LogP contribution in [0.1, 0.15) is 46.5 Å². The Balaban J connectivity index is 0.00000200. The minimum atomic E-state index is 0. The molecule has 0 aromatic carbocycles. The molecular weight excluding hydrogens is 365 g/mol. The molecule has 2 rings (SSSR count). The third kappa shape index (κ3) is 5.39. The third-order valence-electron chi connectivity index (χ3n) is 4.29. The molecule has 2 N–H and O–H groups in total. The first-order valence-corrected chi connectivity index (χ1v) is 7.75. The number of hydrogen-bond acceptors (Lipinski definition) is 2. The molecular formula is C15H30IN3O. The van der Waals surface area contributed by atoms with Crippen molar-refractivity contribution in [2.45, 2.75) is 58.7 Å². The summed E-state index contributed by atoms with van der Waals surface area (Å²) in [4.78, 5) is 6.89. The Morgan fingerprint density at radius 3 is 2.50 bits per heavy atom. The van der Waals surface area contributed by atoms with Gasteiger partial charge in [-0.25, -0.2) is 0 Å². The number of nitrogens with two attached hydrogens (primary N) is 1. The highest BCUT2D eigenvalue weighted by atomic mass is 127. The largest absolute Gasteiger partial charge is 0.376 e. The Hall–Kier alpha value is -0.0400. The molecule has 3 unspecified atom stereocenters. The van der Waals surface area contributed by atoms with Gasteiger partial charge >= 0.3 is 0 Å². The van der Waals surface area contributed by atoms with E-state index in [1.54, 1.807) is 0 Å². The molecule has 2 heterocycles. The van der Waals surface area contributed by atoms with E-state index in [4.69, 9.17) is 10.5 Å². The normalized spacial score (nSPS) is 35.5. The summed E-state index contributed by atoms with van der Waals surface area (Å²) in [6, 6.07) is 0. The molecule has 0 aromatic rings. The summed E-state index contributed by atoms with van der Waals surface area (Å²) < 4.78 is 5.76. The van der Waals surface area contributed by atoms with E-state index in [1.807, 2.05) is 0 Å². The molecule has 4 nitrogen and oxygen atoms in total. The second-order valence-electron chi connectivity index (χ2n) is 6.49. The van der Waals surface area contributed by atoms with Gasteiger partial charge in [0.05, 0.1) is 12.2 Å². The maximum absolute atomic E-state index is 6.14. The van der Waals surface area contributed by atoms with Gasteiger partial charge in [0.25, 0.3) is 0 Å². The van der Waals surface area contributed by atoms with Crippen molar-refractivity contribution in [1.82, 2.24) is 4.90 Å². The van der Waals surface area contributed by atoms with Gasteiger partial charge in [-0.1, -0.05) is 6.92 Å². The van der Waals surface area contributed by atoms with Crippen LogP contribution in [0.25, 0.3) is 0 Å². The van der Waals surface area contributed by atoms with Gasteiger partial charge in [-0.3, -0.25) is 4.99 Å². The van der Waals surface area contributed by atoms with Crippen LogP contribution in [0, 0.1) is 11.8 Å². The quantitative estimate of drug-likeness (QED) is 0.445. The maximum atomic E-state index is 6.14. The number of halogens is 1. The van der Waals surface area contributed by atoms with Crippen molar-refractivity contribution in [1.29, 1.82) is 0 Å². The van der Waals surface area contributed by atoms with Gasteiger partial charge < -0.3 is 15.4 Å². The van der Waals surface area contributed by atoms with Crippen LogP contribution in [-0.2, 0) is 4.74 Å². The zero-order valence-corrected chi connectivity index (χ0v) is 15.4. The van der Waals surface area contributed by atoms with Crippen molar-refractivity contribution < 1.29 is 4.74 Å². The lowest BCUT2D eigenvalue weighted by Crippen LogP contribution is -2.44. The molecule has 0 bridgehead atoms. The van der Waals surface area contributed by atoms with Gasteiger partial charge in [-0.15, -0.1) is 24.0 Å². The standard InChI is InChI=1S/C15H29N3O.HI/c1-11-5-4-6-18(10-11)15(16)17-9-14-7-12(2)19-13(3)8-14;/h11-14H,4-10H2,1-3H3,(H2,16,17);1H. The number of hydrogen-bond donors (Lipinski definition) is 1. The summed E-state index contributed by atoms with van der Waals surface area (Å²) in [7, 11) is 0. The molecule has 0 aromatic heterocycles. The van der Waals surface area contributed by atoms with E-state index in [-0.39, 0.29) is 24.0 Å². The van der Waals surface area contributed by atoms with E-state index in [2.05, 4.69) is 30.7 Å². The zero-order valence-electron chi connectivity index (χ0n) is 13.0. The van der Waals surface area contributed by atoms with Crippen LogP contribution < -0.4 is 5.73 Å². The van der Waals surface area contributed by atoms with Crippen molar-refractivity contribution in [2.24, 2.45) is 22.6 Å². The molecule has 2 saturated heterocycles. The van der Waals surface area contributed by atoms with Crippen LogP contribution in [0.5, 0.6) is 0 Å². The smallest absolute Gasteiger partial charge is 0.191 e. The lowest BCUT2D eigenvalue weighted by atomic mass is 9.93. The molecule has 20 heavy (non-hydrogen) atoms. The van der Waals surface area contributed by atoms with Crippen LogP contribution in [0.2, 0.25) is 0 Å². The Labute approximate surface area is 140 Å². The number of rotatable bonds is 2. The van der Waals surface area contributed by atoms with Crippen molar-refractivity contribution in [3.63, 3.8) is 0 Å². The van der Waals surface area contributed by atoms with Crippen molar-refractivity contribution in [2.75, 3.05) is 19.6 Å². The molecule has 2 aliphatic heterocycles. The number of ether oxygens (including phenoxy) is 1. The van der Waals surface area contributed by atoms with Crippen LogP contribution in [0.3, 0.4) is 0 Å². The molecule has 5 heteroatoms. The number of guanidine groups is 1. The fraction of sp³-hybridized carbons (Fsp3) is 0.933. The summed E-state index contributed by atoms with van der Waals surface area (Å²) in [5, 5.41) is 0. The summed E-state index contributed by atoms with van der Waals surface area (Å²) in [6.07, 6.45) is 5.50. The highest BCUT2D eigenvalue weighted by molar-refractivity contribution is 14.0. The molecule has 118 valence electrons. The van der Waals surface area contributed by atoms with E-state index < -0.39 is 0 Å². The maximum Gasteiger partial charge on any atom is 0.191 e. The van der Waals surface area contributed by atoms with Crippen LogP contribution in [-0.4, -0.2) is 42.7 Å². The van der Waals surface area contributed by atoms with E-state index >= 15 is 0 Å². The predicted octanol–water partition coefficient (Wildman–Crippen LogP) is 2.85. The number of aliphatic imine (C=N–C) groups is 1. The Bertz CT molecular complexity index is 314. The van der Waals surface area contributed by atoms with E-state index in [1.165, 1.54) is 12.8 Å². The second kappa shape index (κ2) is 8.41. The van der Waals surface area contributed by atoms with Crippen molar-refractivity contribution >= 4 is 29.9 Å². The minimum Gasteiger partial charge on any atom is -0.376 e. The topological polar surface area (TPSA) is 50.8 Å². The lowest BCUT2D eigenvalue weighted by molar-refractivity contribution is -0.0501. The van der Waals surface area contributed by atoms with Gasteiger partial charge in [0, 0.05) is 19.6 Å². The first kappa shape index (κ1) is 18.0. The SMILES string of the molecule is CC1CCCN(C(N)=NCC2CC(C)OC(C)C2)C1.I. The zero-order chi connectivity index (χ0) is 13.8. The lowest BCUT2D eigenvalue weighted by Gasteiger charge is -2.33. The fourth-order valence-electron chi connectivity index (χ4n) is 3.41. The molecule has 3 atom stereocenters. The molecule has 0 amide bonds. The first-order valence-electron chi connectivity index (χ1n) is 7.75. The minimum absolute atomic E-state index is 0. The Morgan fingerprint density at radius 2 is 1.90 bits per heavy atom. The summed E-state index contributed by atoms with van der Waals surface area (Å²) >= 11 is 0. The van der Waals surface area contributed by atoms with Gasteiger partial charge in [0.1, 0.15) is 0 Å². The first-order chi connectivity index (χ1) is 9.04. The van der Waals surface area contributed by atoms with E-state index in [0.717, 1.165) is 44.4 Å². The summed E-state index contributed by atoms with van der Waals surface area (Å²) in [5.41, 5.74) is 6.14. The molecule has 2 fully saturated rings. The van der Waals surface area contributed by atoms with Crippen LogP contribution >= 0.6 is 24.0 Å². The number of nitrogens with zero attached hydrogens (tertiary/aromatic N) is 2. The van der Waals surface area contributed by atoms with Gasteiger partial charge in [0.15, 0.2) is 5.96 Å². The Morgan fingerprint density at radius 1 is 1.25 bits per heavy atom. The number of piperidine rings is 1. The molecule has 0 saturated carbocycles. The average Bonchev–Trinajstić information content (AvgIpc) is 2.35. The van der Waals surface area contributed by atoms with Crippen molar-refractivity contribution in [3.05, 3.63) is 0 Å². The highest BCUT2D eigenvalue weighted by Gasteiger charge is 2.24. The van der Waals surface area contributed by atoms with E-state index in [9.17, 15) is 0 Å².